The number of hydrogen-bond donors (Lipinski definition) is 2. The van der Waals surface area contributed by atoms with Crippen LogP contribution in [0.5, 0.6) is 0 Å². The fraction of sp³-hybridized carbons (Fsp3) is 0.750. The first-order valence-electron chi connectivity index (χ1n) is 3.91. The molecule has 0 aliphatic carbocycles. The first-order chi connectivity index (χ1) is 5.22. The Morgan fingerprint density at radius 1 is 1.55 bits per heavy atom. The van der Waals surface area contributed by atoms with Crippen molar-refractivity contribution < 1.29 is 14.9 Å². The van der Waals surface area contributed by atoms with Gasteiger partial charge in [0.2, 0.25) is 0 Å². The van der Waals surface area contributed by atoms with Crippen molar-refractivity contribution in [1.29, 1.82) is 0 Å². The summed E-state index contributed by atoms with van der Waals surface area (Å²) in [6.45, 7) is 2.19. The van der Waals surface area contributed by atoms with Crippen molar-refractivity contribution in [2.45, 2.75) is 32.0 Å². The molecule has 3 nitrogen and oxygen atoms in total. The summed E-state index contributed by atoms with van der Waals surface area (Å²) in [5, 5.41) is 18.3. The van der Waals surface area contributed by atoms with Crippen molar-refractivity contribution >= 4 is 0 Å². The monoisotopic (exact) mass is 158 g/mol. The largest absolute Gasteiger partial charge is 0.495 e. The molecule has 0 bridgehead atoms. The van der Waals surface area contributed by atoms with Gasteiger partial charge in [-0.05, 0) is 25.8 Å². The van der Waals surface area contributed by atoms with Crippen LogP contribution in [0.2, 0.25) is 0 Å². The van der Waals surface area contributed by atoms with Crippen LogP contribution in [0.3, 0.4) is 0 Å². The molecule has 0 fully saturated rings. The second-order valence-electron chi connectivity index (χ2n) is 2.78. The third-order valence-electron chi connectivity index (χ3n) is 1.71. The van der Waals surface area contributed by atoms with Crippen molar-refractivity contribution in [2.75, 3.05) is 6.61 Å². The highest BCUT2D eigenvalue weighted by atomic mass is 16.5. The van der Waals surface area contributed by atoms with E-state index in [2.05, 4.69) is 0 Å². The van der Waals surface area contributed by atoms with Crippen molar-refractivity contribution in [1.82, 2.24) is 0 Å². The van der Waals surface area contributed by atoms with Gasteiger partial charge in [0.25, 0.3) is 0 Å². The zero-order valence-electron chi connectivity index (χ0n) is 6.66. The zero-order chi connectivity index (χ0) is 8.27. The van der Waals surface area contributed by atoms with Gasteiger partial charge in [0.05, 0.1) is 12.7 Å². The molecule has 1 aliphatic rings. The van der Waals surface area contributed by atoms with Crippen LogP contribution in [0.4, 0.5) is 0 Å². The predicted molar refractivity (Wildman–Crippen MR) is 41.0 cm³/mol. The summed E-state index contributed by atoms with van der Waals surface area (Å²) in [5.74, 6) is 0.520. The molecule has 0 aromatic rings. The number of aliphatic hydroxyl groups excluding tert-OH is 2. The number of rotatable bonds is 2. The maximum absolute atomic E-state index is 9.31. The van der Waals surface area contributed by atoms with Crippen LogP contribution in [0.15, 0.2) is 11.8 Å². The average molecular weight is 158 g/mol. The maximum atomic E-state index is 9.31. The molecule has 0 saturated carbocycles. The summed E-state index contributed by atoms with van der Waals surface area (Å²) in [6, 6.07) is 0. The Hall–Kier alpha value is -0.540. The van der Waals surface area contributed by atoms with E-state index in [-0.39, 0.29) is 0 Å². The van der Waals surface area contributed by atoms with E-state index in [0.717, 1.165) is 12.8 Å². The SMILES string of the molecule is CC(O)C(O)C1=CCCCO1. The molecule has 64 valence electrons. The molecule has 1 heterocycles. The lowest BCUT2D eigenvalue weighted by Gasteiger charge is -2.21. The Morgan fingerprint density at radius 2 is 2.27 bits per heavy atom. The highest BCUT2D eigenvalue weighted by Gasteiger charge is 2.19. The predicted octanol–water partition coefficient (Wildman–Crippen LogP) is 0.422. The smallest absolute Gasteiger partial charge is 0.136 e. The second kappa shape index (κ2) is 3.74. The van der Waals surface area contributed by atoms with Crippen LogP contribution in [0, 0.1) is 0 Å². The average Bonchev–Trinajstić information content (AvgIpc) is 2.05. The molecular weight excluding hydrogens is 144 g/mol. The van der Waals surface area contributed by atoms with Crippen LogP contribution in [-0.2, 0) is 4.74 Å². The first-order valence-corrected chi connectivity index (χ1v) is 3.91. The van der Waals surface area contributed by atoms with Crippen molar-refractivity contribution in [3.05, 3.63) is 11.8 Å². The lowest BCUT2D eigenvalue weighted by molar-refractivity contribution is 0.00811. The number of ether oxygens (including phenoxy) is 1. The van der Waals surface area contributed by atoms with Crippen LogP contribution in [0.25, 0.3) is 0 Å². The fourth-order valence-electron chi connectivity index (χ4n) is 1.02. The maximum Gasteiger partial charge on any atom is 0.136 e. The summed E-state index contributed by atoms with van der Waals surface area (Å²) in [7, 11) is 0. The van der Waals surface area contributed by atoms with Gasteiger partial charge in [-0.15, -0.1) is 0 Å². The molecule has 0 radical (unpaired) electrons. The van der Waals surface area contributed by atoms with E-state index >= 15 is 0 Å². The van der Waals surface area contributed by atoms with Crippen molar-refractivity contribution in [2.24, 2.45) is 0 Å². The summed E-state index contributed by atoms with van der Waals surface area (Å²) < 4.78 is 5.15. The van der Waals surface area contributed by atoms with Gasteiger partial charge in [0.15, 0.2) is 0 Å². The van der Waals surface area contributed by atoms with Crippen molar-refractivity contribution in [3.8, 4) is 0 Å². The Labute approximate surface area is 66.3 Å². The highest BCUT2D eigenvalue weighted by molar-refractivity contribution is 5.03. The van der Waals surface area contributed by atoms with Gasteiger partial charge in [0.1, 0.15) is 11.9 Å². The van der Waals surface area contributed by atoms with E-state index in [1.807, 2.05) is 6.08 Å². The lowest BCUT2D eigenvalue weighted by Crippen LogP contribution is -2.27. The van der Waals surface area contributed by atoms with E-state index in [1.165, 1.54) is 0 Å². The van der Waals surface area contributed by atoms with E-state index in [0.29, 0.717) is 12.4 Å². The van der Waals surface area contributed by atoms with Gasteiger partial charge in [-0.2, -0.15) is 0 Å². The quantitative estimate of drug-likeness (QED) is 0.612. The van der Waals surface area contributed by atoms with Crippen LogP contribution >= 0.6 is 0 Å². The summed E-state index contributed by atoms with van der Waals surface area (Å²) >= 11 is 0. The molecule has 2 N–H and O–H groups in total. The second-order valence-corrected chi connectivity index (χ2v) is 2.78. The zero-order valence-corrected chi connectivity index (χ0v) is 6.66. The Balaban J connectivity index is 2.51. The molecule has 1 aliphatic heterocycles. The lowest BCUT2D eigenvalue weighted by atomic mass is 10.1. The van der Waals surface area contributed by atoms with Gasteiger partial charge in [-0.3, -0.25) is 0 Å². The van der Waals surface area contributed by atoms with E-state index < -0.39 is 12.2 Å². The Kier molecular flexibility index (Phi) is 2.91. The minimum absolute atomic E-state index is 0.520. The summed E-state index contributed by atoms with van der Waals surface area (Å²) in [6.07, 6.45) is 2.16. The molecule has 2 atom stereocenters. The summed E-state index contributed by atoms with van der Waals surface area (Å²) in [4.78, 5) is 0. The van der Waals surface area contributed by atoms with Gasteiger partial charge < -0.3 is 14.9 Å². The van der Waals surface area contributed by atoms with Gasteiger partial charge in [-0.25, -0.2) is 0 Å². The molecule has 2 unspecified atom stereocenters. The van der Waals surface area contributed by atoms with Gasteiger partial charge in [-0.1, -0.05) is 0 Å². The number of hydrogen-bond acceptors (Lipinski definition) is 3. The van der Waals surface area contributed by atoms with Crippen LogP contribution in [0.1, 0.15) is 19.8 Å². The van der Waals surface area contributed by atoms with E-state index in [4.69, 9.17) is 9.84 Å². The Bertz CT molecular complexity index is 151. The molecule has 0 aromatic heterocycles. The van der Waals surface area contributed by atoms with Gasteiger partial charge >= 0.3 is 0 Å². The highest BCUT2D eigenvalue weighted by Crippen LogP contribution is 2.15. The third-order valence-corrected chi connectivity index (χ3v) is 1.71. The molecule has 0 saturated heterocycles. The van der Waals surface area contributed by atoms with Crippen LogP contribution < -0.4 is 0 Å². The standard InChI is InChI=1S/C8H14O3/c1-6(9)8(10)7-4-2-3-5-11-7/h4,6,8-10H,2-3,5H2,1H3. The molecule has 3 heteroatoms. The molecule has 1 rings (SSSR count). The Morgan fingerprint density at radius 3 is 2.73 bits per heavy atom. The molecule has 0 aromatic carbocycles. The minimum atomic E-state index is -0.852. The number of allylic oxidation sites excluding steroid dienone is 1. The minimum Gasteiger partial charge on any atom is -0.495 e. The first kappa shape index (κ1) is 8.56. The van der Waals surface area contributed by atoms with Crippen LogP contribution in [-0.4, -0.2) is 29.0 Å². The normalized spacial score (nSPS) is 23.4. The van der Waals surface area contributed by atoms with Gasteiger partial charge in [0, 0.05) is 0 Å². The molecule has 0 amide bonds. The van der Waals surface area contributed by atoms with E-state index in [1.54, 1.807) is 6.92 Å². The molecule has 11 heavy (non-hydrogen) atoms. The fourth-order valence-corrected chi connectivity index (χ4v) is 1.02. The van der Waals surface area contributed by atoms with E-state index in [9.17, 15) is 5.11 Å². The number of aliphatic hydroxyl groups is 2. The molecular formula is C8H14O3. The van der Waals surface area contributed by atoms with Crippen molar-refractivity contribution in [3.63, 3.8) is 0 Å². The third kappa shape index (κ3) is 2.20. The summed E-state index contributed by atoms with van der Waals surface area (Å²) in [5.41, 5.74) is 0. The topological polar surface area (TPSA) is 49.7 Å². The molecule has 0 spiro atoms.